The summed E-state index contributed by atoms with van der Waals surface area (Å²) in [7, 11) is 1.59. The first kappa shape index (κ1) is 21.1. The second-order valence-electron chi connectivity index (χ2n) is 7.35. The summed E-state index contributed by atoms with van der Waals surface area (Å²) >= 11 is 0. The molecule has 32 heavy (non-hydrogen) atoms. The molecule has 0 aliphatic carbocycles. The van der Waals surface area contributed by atoms with Crippen LogP contribution in [0.5, 0.6) is 5.75 Å². The Morgan fingerprint density at radius 1 is 1.00 bits per heavy atom. The van der Waals surface area contributed by atoms with Crippen molar-refractivity contribution >= 4 is 22.6 Å². The molecule has 0 bridgehead atoms. The van der Waals surface area contributed by atoms with E-state index in [9.17, 15) is 9.59 Å². The minimum Gasteiger partial charge on any atom is -0.497 e. The lowest BCUT2D eigenvalue weighted by atomic mass is 10.1. The standard InChI is InChI=1S/C25H24N4O3/c1-32-20-13-11-19(12-14-20)26-25(31)29(16-15-18-7-3-2-4-8-18)17-23-27-22-10-6-5-9-21(22)24(30)28-23/h2-14H,15-17H2,1H3,(H,26,31)(H,27,28,30). The summed E-state index contributed by atoms with van der Waals surface area (Å²) in [5.74, 6) is 1.15. The largest absolute Gasteiger partial charge is 0.497 e. The lowest BCUT2D eigenvalue weighted by Crippen LogP contribution is -2.37. The van der Waals surface area contributed by atoms with E-state index in [-0.39, 0.29) is 18.1 Å². The van der Waals surface area contributed by atoms with Crippen molar-refractivity contribution in [1.29, 1.82) is 0 Å². The van der Waals surface area contributed by atoms with E-state index >= 15 is 0 Å². The third kappa shape index (κ3) is 5.13. The zero-order chi connectivity index (χ0) is 22.3. The van der Waals surface area contributed by atoms with Crippen LogP contribution in [0.15, 0.2) is 83.7 Å². The van der Waals surface area contributed by atoms with E-state index in [2.05, 4.69) is 15.3 Å². The van der Waals surface area contributed by atoms with Gasteiger partial charge in [0.25, 0.3) is 5.56 Å². The Balaban J connectivity index is 1.56. The molecule has 0 spiro atoms. The van der Waals surface area contributed by atoms with Crippen LogP contribution in [-0.4, -0.2) is 34.6 Å². The van der Waals surface area contributed by atoms with Crippen molar-refractivity contribution in [2.24, 2.45) is 0 Å². The van der Waals surface area contributed by atoms with Gasteiger partial charge in [0.15, 0.2) is 0 Å². The van der Waals surface area contributed by atoms with Gasteiger partial charge < -0.3 is 19.9 Å². The number of benzene rings is 3. The minimum absolute atomic E-state index is 0.175. The Bertz CT molecular complexity index is 1250. The quantitative estimate of drug-likeness (QED) is 0.462. The molecule has 0 radical (unpaired) electrons. The maximum atomic E-state index is 13.1. The van der Waals surface area contributed by atoms with Crippen molar-refractivity contribution in [2.45, 2.75) is 13.0 Å². The van der Waals surface area contributed by atoms with Gasteiger partial charge in [-0.3, -0.25) is 4.79 Å². The molecule has 0 saturated carbocycles. The van der Waals surface area contributed by atoms with Crippen molar-refractivity contribution in [3.05, 3.63) is 101 Å². The fourth-order valence-electron chi connectivity index (χ4n) is 3.43. The normalized spacial score (nSPS) is 10.7. The summed E-state index contributed by atoms with van der Waals surface area (Å²) in [6.07, 6.45) is 0.675. The molecule has 0 unspecified atom stereocenters. The van der Waals surface area contributed by atoms with Crippen LogP contribution in [-0.2, 0) is 13.0 Å². The topological polar surface area (TPSA) is 87.3 Å². The number of hydrogen-bond donors (Lipinski definition) is 2. The van der Waals surface area contributed by atoms with Crippen molar-refractivity contribution in [3.8, 4) is 5.75 Å². The number of urea groups is 1. The lowest BCUT2D eigenvalue weighted by molar-refractivity contribution is 0.208. The highest BCUT2D eigenvalue weighted by Gasteiger charge is 2.16. The van der Waals surface area contributed by atoms with E-state index in [0.29, 0.717) is 41.1 Å². The molecule has 1 aromatic heterocycles. The van der Waals surface area contributed by atoms with E-state index in [0.717, 1.165) is 5.56 Å². The molecule has 7 nitrogen and oxygen atoms in total. The molecule has 7 heteroatoms. The molecular formula is C25H24N4O3. The van der Waals surface area contributed by atoms with Crippen LogP contribution in [0.25, 0.3) is 10.9 Å². The third-order valence-corrected chi connectivity index (χ3v) is 5.14. The van der Waals surface area contributed by atoms with Gasteiger partial charge in [-0.1, -0.05) is 42.5 Å². The van der Waals surface area contributed by atoms with E-state index in [1.54, 1.807) is 54.5 Å². The molecule has 0 atom stereocenters. The predicted octanol–water partition coefficient (Wildman–Crippen LogP) is 4.21. The molecule has 0 saturated heterocycles. The van der Waals surface area contributed by atoms with Gasteiger partial charge in [-0.05, 0) is 48.4 Å². The summed E-state index contributed by atoms with van der Waals surface area (Å²) in [5, 5.41) is 3.44. The average Bonchev–Trinajstić information content (AvgIpc) is 2.83. The average molecular weight is 428 g/mol. The minimum atomic E-state index is -0.276. The summed E-state index contributed by atoms with van der Waals surface area (Å²) in [4.78, 5) is 34.6. The Hall–Kier alpha value is -4.13. The summed E-state index contributed by atoms with van der Waals surface area (Å²) in [6, 6.07) is 24.0. The van der Waals surface area contributed by atoms with Crippen LogP contribution < -0.4 is 15.6 Å². The number of carbonyl (C=O) groups is 1. The second-order valence-corrected chi connectivity index (χ2v) is 7.35. The van der Waals surface area contributed by atoms with Crippen LogP contribution in [0.1, 0.15) is 11.4 Å². The molecule has 0 fully saturated rings. The predicted molar refractivity (Wildman–Crippen MR) is 125 cm³/mol. The number of H-pyrrole nitrogens is 1. The maximum absolute atomic E-state index is 13.1. The van der Waals surface area contributed by atoms with Crippen LogP contribution in [0.3, 0.4) is 0 Å². The highest BCUT2D eigenvalue weighted by molar-refractivity contribution is 5.89. The van der Waals surface area contributed by atoms with Crippen molar-refractivity contribution in [1.82, 2.24) is 14.9 Å². The number of rotatable bonds is 7. The van der Waals surface area contributed by atoms with Crippen LogP contribution in [0.2, 0.25) is 0 Å². The van der Waals surface area contributed by atoms with Crippen molar-refractivity contribution in [2.75, 3.05) is 19.0 Å². The van der Waals surface area contributed by atoms with E-state index < -0.39 is 0 Å². The molecule has 0 aliphatic heterocycles. The molecule has 2 amide bonds. The van der Waals surface area contributed by atoms with Gasteiger partial charge in [0.2, 0.25) is 0 Å². The monoisotopic (exact) mass is 428 g/mol. The van der Waals surface area contributed by atoms with E-state index in [1.165, 1.54) is 0 Å². The first-order chi connectivity index (χ1) is 15.6. The van der Waals surface area contributed by atoms with Crippen LogP contribution in [0.4, 0.5) is 10.5 Å². The molecule has 1 heterocycles. The number of anilines is 1. The lowest BCUT2D eigenvalue weighted by Gasteiger charge is -2.23. The number of carbonyl (C=O) groups excluding carboxylic acids is 1. The second kappa shape index (κ2) is 9.78. The molecule has 2 N–H and O–H groups in total. The fraction of sp³-hybridized carbons (Fsp3) is 0.160. The number of amides is 2. The Morgan fingerprint density at radius 3 is 2.47 bits per heavy atom. The number of aromatic nitrogens is 2. The molecular weight excluding hydrogens is 404 g/mol. The summed E-state index contributed by atoms with van der Waals surface area (Å²) < 4.78 is 5.17. The summed E-state index contributed by atoms with van der Waals surface area (Å²) in [6.45, 7) is 0.636. The van der Waals surface area contributed by atoms with E-state index in [4.69, 9.17) is 4.74 Å². The Morgan fingerprint density at radius 2 is 1.72 bits per heavy atom. The molecule has 0 aliphatic rings. The summed E-state index contributed by atoms with van der Waals surface area (Å²) in [5.41, 5.74) is 2.16. The first-order valence-electron chi connectivity index (χ1n) is 10.3. The van der Waals surface area contributed by atoms with Crippen molar-refractivity contribution < 1.29 is 9.53 Å². The number of nitrogens with one attached hydrogen (secondary N) is 2. The number of ether oxygens (including phenoxy) is 1. The maximum Gasteiger partial charge on any atom is 0.322 e. The number of hydrogen-bond acceptors (Lipinski definition) is 4. The van der Waals surface area contributed by atoms with Crippen LogP contribution in [0, 0.1) is 0 Å². The molecule has 162 valence electrons. The number of para-hydroxylation sites is 1. The van der Waals surface area contributed by atoms with Gasteiger partial charge in [0, 0.05) is 12.2 Å². The van der Waals surface area contributed by atoms with Gasteiger partial charge >= 0.3 is 6.03 Å². The van der Waals surface area contributed by atoms with Gasteiger partial charge in [-0.15, -0.1) is 0 Å². The fourth-order valence-corrected chi connectivity index (χ4v) is 3.43. The number of fused-ring (bicyclic) bond motifs is 1. The van der Waals surface area contributed by atoms with Gasteiger partial charge in [0.05, 0.1) is 24.6 Å². The van der Waals surface area contributed by atoms with Crippen LogP contribution >= 0.6 is 0 Å². The third-order valence-electron chi connectivity index (χ3n) is 5.14. The van der Waals surface area contributed by atoms with Gasteiger partial charge in [-0.2, -0.15) is 0 Å². The highest BCUT2D eigenvalue weighted by Crippen LogP contribution is 2.16. The zero-order valence-electron chi connectivity index (χ0n) is 17.7. The number of aromatic amines is 1. The molecule has 4 rings (SSSR count). The first-order valence-corrected chi connectivity index (χ1v) is 10.3. The zero-order valence-corrected chi connectivity index (χ0v) is 17.7. The van der Waals surface area contributed by atoms with Gasteiger partial charge in [-0.25, -0.2) is 9.78 Å². The van der Waals surface area contributed by atoms with Crippen molar-refractivity contribution in [3.63, 3.8) is 0 Å². The smallest absolute Gasteiger partial charge is 0.322 e. The van der Waals surface area contributed by atoms with E-state index in [1.807, 2.05) is 36.4 Å². The number of nitrogens with zero attached hydrogens (tertiary/aromatic N) is 2. The van der Waals surface area contributed by atoms with Gasteiger partial charge in [0.1, 0.15) is 11.6 Å². The molecule has 3 aromatic carbocycles. The number of methoxy groups -OCH3 is 1. The molecule has 4 aromatic rings. The highest BCUT2D eigenvalue weighted by atomic mass is 16.5. The Kier molecular flexibility index (Phi) is 6.46. The Labute approximate surface area is 185 Å². The SMILES string of the molecule is COc1ccc(NC(=O)N(CCc2ccccc2)Cc2nc3ccccc3c(=O)[nH]2)cc1.